The Kier molecular flexibility index (Phi) is 6.07. The van der Waals surface area contributed by atoms with E-state index in [0.717, 1.165) is 0 Å². The van der Waals surface area contributed by atoms with Crippen LogP contribution >= 0.6 is 0 Å². The fourth-order valence-electron chi connectivity index (χ4n) is 3.35. The van der Waals surface area contributed by atoms with Crippen LogP contribution in [0.3, 0.4) is 0 Å². The Hall–Kier alpha value is -2.25. The number of halogens is 3. The van der Waals surface area contributed by atoms with E-state index in [1.54, 1.807) is 6.07 Å². The van der Waals surface area contributed by atoms with Gasteiger partial charge in [0.25, 0.3) is 0 Å². The maximum absolute atomic E-state index is 14.3. The summed E-state index contributed by atoms with van der Waals surface area (Å²) in [4.78, 5) is 23.6. The lowest BCUT2D eigenvalue weighted by Crippen LogP contribution is -2.49. The molecule has 0 saturated heterocycles. The molecule has 0 aromatic heterocycles. The van der Waals surface area contributed by atoms with Gasteiger partial charge in [-0.15, -0.1) is 0 Å². The highest BCUT2D eigenvalue weighted by atomic mass is 19.3. The lowest BCUT2D eigenvalue weighted by Gasteiger charge is -2.32. The number of hydrogen-bond donors (Lipinski definition) is 3. The molecule has 150 valence electrons. The van der Waals surface area contributed by atoms with Gasteiger partial charge in [0.05, 0.1) is 0 Å². The predicted molar refractivity (Wildman–Crippen MR) is 95.6 cm³/mol. The van der Waals surface area contributed by atoms with Gasteiger partial charge in [0.1, 0.15) is 11.9 Å². The van der Waals surface area contributed by atoms with Crippen molar-refractivity contribution in [3.8, 4) is 0 Å². The molecule has 0 heterocycles. The molecular weight excluding hydrogens is 361 g/mol. The number of rotatable bonds is 4. The second-order valence-electron chi connectivity index (χ2n) is 8.05. The van der Waals surface area contributed by atoms with Gasteiger partial charge < -0.3 is 15.7 Å². The molecule has 1 atom stereocenters. The first kappa shape index (κ1) is 21.1. The van der Waals surface area contributed by atoms with Crippen LogP contribution in [0.15, 0.2) is 18.2 Å². The third-order valence-corrected chi connectivity index (χ3v) is 4.84. The van der Waals surface area contributed by atoms with Crippen LogP contribution in [0.1, 0.15) is 52.0 Å². The van der Waals surface area contributed by atoms with E-state index < -0.39 is 54.0 Å². The molecule has 0 spiro atoms. The number of benzene rings is 1. The Balaban J connectivity index is 2.14. The van der Waals surface area contributed by atoms with Crippen molar-refractivity contribution in [2.24, 2.45) is 5.92 Å². The molecule has 1 aliphatic rings. The van der Waals surface area contributed by atoms with Gasteiger partial charge in [-0.05, 0) is 41.9 Å². The maximum Gasteiger partial charge on any atom is 0.405 e. The van der Waals surface area contributed by atoms with Crippen molar-refractivity contribution in [2.45, 2.75) is 63.8 Å². The number of nitrogens with one attached hydrogen (secondary N) is 2. The topological polar surface area (TPSA) is 78.4 Å². The average Bonchev–Trinajstić information content (AvgIpc) is 2.51. The normalized spacial score (nSPS) is 18.6. The zero-order valence-corrected chi connectivity index (χ0v) is 15.6. The first-order valence-corrected chi connectivity index (χ1v) is 8.87. The molecule has 2 amide bonds. The van der Waals surface area contributed by atoms with E-state index in [1.807, 2.05) is 20.8 Å². The Morgan fingerprint density at radius 2 is 1.81 bits per heavy atom. The molecule has 0 aliphatic heterocycles. The van der Waals surface area contributed by atoms with Gasteiger partial charge in [-0.1, -0.05) is 26.8 Å². The molecule has 1 unspecified atom stereocenters. The van der Waals surface area contributed by atoms with Gasteiger partial charge in [0, 0.05) is 18.5 Å². The van der Waals surface area contributed by atoms with Gasteiger partial charge in [-0.25, -0.2) is 18.0 Å². The first-order valence-electron chi connectivity index (χ1n) is 8.87. The number of amides is 2. The van der Waals surface area contributed by atoms with Crippen LogP contribution < -0.4 is 10.6 Å². The number of hydrogen-bond acceptors (Lipinski definition) is 2. The molecule has 1 aliphatic carbocycles. The molecule has 8 heteroatoms. The Bertz CT molecular complexity index is 707. The predicted octanol–water partition coefficient (Wildman–Crippen LogP) is 4.52. The van der Waals surface area contributed by atoms with E-state index in [9.17, 15) is 22.8 Å². The summed E-state index contributed by atoms with van der Waals surface area (Å²) in [6, 6.07) is 3.09. The van der Waals surface area contributed by atoms with Crippen LogP contribution in [-0.4, -0.2) is 29.1 Å². The van der Waals surface area contributed by atoms with Crippen molar-refractivity contribution in [1.29, 1.82) is 0 Å². The van der Waals surface area contributed by atoms with Crippen LogP contribution in [0.5, 0.6) is 0 Å². The highest BCUT2D eigenvalue weighted by Crippen LogP contribution is 2.37. The van der Waals surface area contributed by atoms with Crippen molar-refractivity contribution in [3.05, 3.63) is 29.6 Å². The van der Waals surface area contributed by atoms with Crippen molar-refractivity contribution < 1.29 is 27.9 Å². The van der Waals surface area contributed by atoms with E-state index in [1.165, 1.54) is 12.1 Å². The second-order valence-corrected chi connectivity index (χ2v) is 8.05. The summed E-state index contributed by atoms with van der Waals surface area (Å²) in [5, 5.41) is 13.6. The molecule has 1 saturated carbocycles. The minimum Gasteiger partial charge on any atom is -0.465 e. The summed E-state index contributed by atoms with van der Waals surface area (Å²) in [5.74, 6) is -4.50. The molecule has 27 heavy (non-hydrogen) atoms. The SMILES string of the molecule is CC(C)(C)c1ccc(NC(=O)C(NC(=O)O)C2CCC(F)(F)CC2)cc1F. The molecule has 2 rings (SSSR count). The van der Waals surface area contributed by atoms with Crippen molar-refractivity contribution in [3.63, 3.8) is 0 Å². The quantitative estimate of drug-likeness (QED) is 0.712. The molecule has 0 radical (unpaired) electrons. The van der Waals surface area contributed by atoms with Crippen LogP contribution in [0.4, 0.5) is 23.7 Å². The van der Waals surface area contributed by atoms with E-state index in [-0.39, 0.29) is 18.5 Å². The maximum atomic E-state index is 14.3. The minimum atomic E-state index is -2.79. The van der Waals surface area contributed by atoms with E-state index in [2.05, 4.69) is 10.6 Å². The van der Waals surface area contributed by atoms with E-state index in [4.69, 9.17) is 5.11 Å². The Labute approximate surface area is 156 Å². The summed E-state index contributed by atoms with van der Waals surface area (Å²) < 4.78 is 41.0. The fourth-order valence-corrected chi connectivity index (χ4v) is 3.35. The van der Waals surface area contributed by atoms with Gasteiger partial charge in [0.15, 0.2) is 0 Å². The zero-order valence-electron chi connectivity index (χ0n) is 15.6. The van der Waals surface area contributed by atoms with Crippen molar-refractivity contribution in [2.75, 3.05) is 5.32 Å². The second kappa shape index (κ2) is 7.78. The third-order valence-electron chi connectivity index (χ3n) is 4.84. The molecule has 1 aromatic carbocycles. The summed E-state index contributed by atoms with van der Waals surface area (Å²) in [7, 11) is 0. The van der Waals surface area contributed by atoms with Crippen LogP contribution in [0.2, 0.25) is 0 Å². The van der Waals surface area contributed by atoms with Gasteiger partial charge in [-0.3, -0.25) is 4.79 Å². The molecule has 1 fully saturated rings. The van der Waals surface area contributed by atoms with E-state index >= 15 is 0 Å². The van der Waals surface area contributed by atoms with E-state index in [0.29, 0.717) is 5.56 Å². The zero-order chi connectivity index (χ0) is 20.4. The smallest absolute Gasteiger partial charge is 0.405 e. The van der Waals surface area contributed by atoms with Gasteiger partial charge in [-0.2, -0.15) is 0 Å². The molecule has 0 bridgehead atoms. The Morgan fingerprint density at radius 1 is 1.22 bits per heavy atom. The average molecular weight is 386 g/mol. The van der Waals surface area contributed by atoms with Crippen LogP contribution in [-0.2, 0) is 10.2 Å². The van der Waals surface area contributed by atoms with Crippen LogP contribution in [0.25, 0.3) is 0 Å². The molecule has 3 N–H and O–H groups in total. The lowest BCUT2D eigenvalue weighted by atomic mass is 9.81. The minimum absolute atomic E-state index is 0.0304. The number of carbonyl (C=O) groups is 2. The summed E-state index contributed by atoms with van der Waals surface area (Å²) >= 11 is 0. The highest BCUT2D eigenvalue weighted by molar-refractivity contribution is 5.96. The fraction of sp³-hybridized carbons (Fsp3) is 0.579. The standard InChI is InChI=1S/C19H25F3N2O3/c1-18(2,3)13-5-4-12(10-14(13)20)23-16(25)15(24-17(26)27)11-6-8-19(21,22)9-7-11/h4-5,10-11,15,24H,6-9H2,1-3H3,(H,23,25)(H,26,27). The first-order chi connectivity index (χ1) is 12.4. The molecule has 5 nitrogen and oxygen atoms in total. The lowest BCUT2D eigenvalue weighted by molar-refractivity contribution is -0.121. The number of carbonyl (C=O) groups excluding carboxylic acids is 1. The highest BCUT2D eigenvalue weighted by Gasteiger charge is 2.40. The third kappa shape index (κ3) is 5.61. The largest absolute Gasteiger partial charge is 0.465 e. The molecular formula is C19H25F3N2O3. The van der Waals surface area contributed by atoms with Crippen LogP contribution in [0, 0.1) is 11.7 Å². The number of carboxylic acid groups (broad SMARTS) is 1. The number of anilines is 1. The Morgan fingerprint density at radius 3 is 2.30 bits per heavy atom. The van der Waals surface area contributed by atoms with Gasteiger partial charge in [0.2, 0.25) is 11.8 Å². The molecule has 1 aromatic rings. The number of alkyl halides is 2. The summed E-state index contributed by atoms with van der Waals surface area (Å²) in [5.41, 5.74) is 0.256. The monoisotopic (exact) mass is 386 g/mol. The van der Waals surface area contributed by atoms with Crippen molar-refractivity contribution >= 4 is 17.7 Å². The van der Waals surface area contributed by atoms with Gasteiger partial charge >= 0.3 is 6.09 Å². The summed E-state index contributed by atoms with van der Waals surface area (Å²) in [6.07, 6.45) is -2.14. The van der Waals surface area contributed by atoms with Crippen molar-refractivity contribution in [1.82, 2.24) is 5.32 Å². The summed E-state index contributed by atoms with van der Waals surface area (Å²) in [6.45, 7) is 5.57.